The molecule has 2 nitrogen and oxygen atoms in total. The molecule has 19 heavy (non-hydrogen) atoms. The molecule has 0 radical (unpaired) electrons. The number of imidazole rings is 1. The van der Waals surface area contributed by atoms with Crippen LogP contribution in [0.1, 0.15) is 12.5 Å². The van der Waals surface area contributed by atoms with E-state index in [1.807, 2.05) is 4.57 Å². The van der Waals surface area contributed by atoms with Crippen molar-refractivity contribution in [2.45, 2.75) is 20.4 Å². The lowest BCUT2D eigenvalue weighted by molar-refractivity contribution is 0.788. The first kappa shape index (κ1) is 12.2. The molecule has 1 heterocycles. The minimum Gasteiger partial charge on any atom is -0.315 e. The van der Waals surface area contributed by atoms with E-state index < -0.39 is 0 Å². The largest absolute Gasteiger partial charge is 0.315 e. The van der Waals surface area contributed by atoms with Gasteiger partial charge >= 0.3 is 0 Å². The summed E-state index contributed by atoms with van der Waals surface area (Å²) < 4.78 is 2.03. The quantitative estimate of drug-likeness (QED) is 0.661. The van der Waals surface area contributed by atoms with Gasteiger partial charge in [-0.1, -0.05) is 36.4 Å². The van der Waals surface area contributed by atoms with Gasteiger partial charge in [-0.3, -0.25) is 0 Å². The van der Waals surface area contributed by atoms with Crippen LogP contribution >= 0.6 is 11.6 Å². The molecule has 0 saturated heterocycles. The minimum absolute atomic E-state index is 0.554. The molecule has 0 aliphatic rings. The molecule has 0 bridgehead atoms. The van der Waals surface area contributed by atoms with Gasteiger partial charge in [-0.15, -0.1) is 0 Å². The Morgan fingerprint density at radius 3 is 2.53 bits per heavy atom. The zero-order valence-electron chi connectivity index (χ0n) is 11.0. The summed E-state index contributed by atoms with van der Waals surface area (Å²) in [6, 6.07) is 14.6. The predicted molar refractivity (Wildman–Crippen MR) is 80.6 cm³/mol. The van der Waals surface area contributed by atoms with E-state index in [2.05, 4.69) is 61.3 Å². The molecule has 0 spiro atoms. The maximum atomic E-state index is 6.22. The van der Waals surface area contributed by atoms with Crippen LogP contribution in [0.4, 0.5) is 0 Å². The summed E-state index contributed by atoms with van der Waals surface area (Å²) in [5, 5.41) is 0.554. The fourth-order valence-corrected chi connectivity index (χ4v) is 2.81. The molecule has 3 rings (SSSR count). The Kier molecular flexibility index (Phi) is 3.03. The monoisotopic (exact) mass is 270 g/mol. The molecule has 0 fully saturated rings. The topological polar surface area (TPSA) is 17.8 Å². The Hall–Kier alpha value is -1.80. The SMILES string of the molecule is CCn1c(Cl)nc2c(-c3ccccc3C)cccc21. The summed E-state index contributed by atoms with van der Waals surface area (Å²) in [6.07, 6.45) is 0. The van der Waals surface area contributed by atoms with E-state index in [9.17, 15) is 0 Å². The normalized spacial score (nSPS) is 11.1. The van der Waals surface area contributed by atoms with Crippen LogP contribution in [0.3, 0.4) is 0 Å². The third kappa shape index (κ3) is 1.92. The maximum absolute atomic E-state index is 6.22. The Morgan fingerprint density at radius 2 is 1.79 bits per heavy atom. The smallest absolute Gasteiger partial charge is 0.203 e. The first-order valence-corrected chi connectivity index (χ1v) is 6.81. The molecule has 0 saturated carbocycles. The molecular formula is C16H15ClN2. The summed E-state index contributed by atoms with van der Waals surface area (Å²) >= 11 is 6.22. The average Bonchev–Trinajstić information content (AvgIpc) is 2.74. The maximum Gasteiger partial charge on any atom is 0.203 e. The number of aryl methyl sites for hydroxylation is 2. The number of benzene rings is 2. The van der Waals surface area contributed by atoms with Gasteiger partial charge in [0.05, 0.1) is 11.0 Å². The van der Waals surface area contributed by atoms with Crippen LogP contribution in [-0.2, 0) is 6.54 Å². The van der Waals surface area contributed by atoms with Crippen molar-refractivity contribution in [1.82, 2.24) is 9.55 Å². The van der Waals surface area contributed by atoms with Gasteiger partial charge in [0.1, 0.15) is 0 Å². The summed E-state index contributed by atoms with van der Waals surface area (Å²) in [5.74, 6) is 0. The number of nitrogens with zero attached hydrogens (tertiary/aromatic N) is 2. The summed E-state index contributed by atoms with van der Waals surface area (Å²) in [5.41, 5.74) is 5.67. The van der Waals surface area contributed by atoms with Gasteiger partial charge < -0.3 is 4.57 Å². The third-order valence-electron chi connectivity index (χ3n) is 3.48. The van der Waals surface area contributed by atoms with Crippen molar-refractivity contribution in [1.29, 1.82) is 0 Å². The molecule has 0 amide bonds. The molecule has 0 aliphatic heterocycles. The van der Waals surface area contributed by atoms with Crippen molar-refractivity contribution >= 4 is 22.6 Å². The van der Waals surface area contributed by atoms with Crippen molar-refractivity contribution in [3.05, 3.63) is 53.3 Å². The Labute approximate surface area is 117 Å². The van der Waals surface area contributed by atoms with Gasteiger partial charge in [0.15, 0.2) is 0 Å². The van der Waals surface area contributed by atoms with E-state index in [1.165, 1.54) is 11.1 Å². The van der Waals surface area contributed by atoms with Crippen LogP contribution in [0, 0.1) is 6.92 Å². The molecule has 0 aliphatic carbocycles. The van der Waals surface area contributed by atoms with Crippen LogP contribution in [0.15, 0.2) is 42.5 Å². The first-order valence-electron chi connectivity index (χ1n) is 6.43. The predicted octanol–water partition coefficient (Wildman–Crippen LogP) is 4.69. The van der Waals surface area contributed by atoms with Crippen molar-refractivity contribution < 1.29 is 0 Å². The van der Waals surface area contributed by atoms with Gasteiger partial charge in [0.2, 0.25) is 5.28 Å². The Balaban J connectivity index is 2.34. The fourth-order valence-electron chi connectivity index (χ4n) is 2.51. The van der Waals surface area contributed by atoms with Gasteiger partial charge in [0.25, 0.3) is 0 Å². The number of fused-ring (bicyclic) bond motifs is 1. The molecule has 96 valence electrons. The lowest BCUT2D eigenvalue weighted by atomic mass is 9.99. The van der Waals surface area contributed by atoms with E-state index in [-0.39, 0.29) is 0 Å². The molecule has 0 N–H and O–H groups in total. The fraction of sp³-hybridized carbons (Fsp3) is 0.188. The number of para-hydroxylation sites is 1. The summed E-state index contributed by atoms with van der Waals surface area (Å²) in [4.78, 5) is 4.53. The van der Waals surface area contributed by atoms with Crippen LogP contribution in [0.5, 0.6) is 0 Å². The standard InChI is InChI=1S/C16H15ClN2/c1-3-19-14-10-6-9-13(15(14)18-16(19)17)12-8-5-4-7-11(12)2/h4-10H,3H2,1-2H3. The van der Waals surface area contributed by atoms with Gasteiger partial charge in [-0.05, 0) is 42.6 Å². The van der Waals surface area contributed by atoms with Crippen LogP contribution in [0.2, 0.25) is 5.28 Å². The van der Waals surface area contributed by atoms with Gasteiger partial charge in [-0.25, -0.2) is 4.98 Å². The average molecular weight is 271 g/mol. The second-order valence-corrected chi connectivity index (χ2v) is 4.95. The number of hydrogen-bond acceptors (Lipinski definition) is 1. The van der Waals surface area contributed by atoms with Crippen LogP contribution < -0.4 is 0 Å². The second-order valence-electron chi connectivity index (χ2n) is 4.61. The number of halogens is 1. The third-order valence-corrected chi connectivity index (χ3v) is 3.77. The molecule has 3 aromatic rings. The number of aromatic nitrogens is 2. The van der Waals surface area contributed by atoms with Gasteiger partial charge in [-0.2, -0.15) is 0 Å². The number of rotatable bonds is 2. The highest BCUT2D eigenvalue weighted by Crippen LogP contribution is 2.31. The molecule has 0 unspecified atom stereocenters. The molecule has 1 aromatic heterocycles. The van der Waals surface area contributed by atoms with E-state index in [4.69, 9.17) is 11.6 Å². The minimum atomic E-state index is 0.554. The molecule has 2 aromatic carbocycles. The molecule has 0 atom stereocenters. The van der Waals surface area contributed by atoms with Crippen LogP contribution in [0.25, 0.3) is 22.2 Å². The highest BCUT2D eigenvalue weighted by molar-refractivity contribution is 6.29. The zero-order valence-corrected chi connectivity index (χ0v) is 11.8. The lowest BCUT2D eigenvalue weighted by Crippen LogP contribution is -1.93. The number of hydrogen-bond donors (Lipinski definition) is 0. The Bertz CT molecular complexity index is 744. The van der Waals surface area contributed by atoms with E-state index in [0.29, 0.717) is 5.28 Å². The highest BCUT2D eigenvalue weighted by Gasteiger charge is 2.12. The van der Waals surface area contributed by atoms with E-state index in [1.54, 1.807) is 0 Å². The summed E-state index contributed by atoms with van der Waals surface area (Å²) in [7, 11) is 0. The zero-order chi connectivity index (χ0) is 13.4. The van der Waals surface area contributed by atoms with E-state index in [0.717, 1.165) is 23.1 Å². The van der Waals surface area contributed by atoms with Crippen molar-refractivity contribution in [3.8, 4) is 11.1 Å². The van der Waals surface area contributed by atoms with Gasteiger partial charge in [0, 0.05) is 12.1 Å². The van der Waals surface area contributed by atoms with Crippen molar-refractivity contribution in [2.24, 2.45) is 0 Å². The lowest BCUT2D eigenvalue weighted by Gasteiger charge is -2.07. The van der Waals surface area contributed by atoms with E-state index >= 15 is 0 Å². The second kappa shape index (κ2) is 4.71. The van der Waals surface area contributed by atoms with Crippen LogP contribution in [-0.4, -0.2) is 9.55 Å². The highest BCUT2D eigenvalue weighted by atomic mass is 35.5. The molecular weight excluding hydrogens is 256 g/mol. The molecule has 3 heteroatoms. The van der Waals surface area contributed by atoms with Crippen molar-refractivity contribution in [2.75, 3.05) is 0 Å². The first-order chi connectivity index (χ1) is 9.22. The van der Waals surface area contributed by atoms with Crippen molar-refractivity contribution in [3.63, 3.8) is 0 Å². The Morgan fingerprint density at radius 1 is 1.05 bits per heavy atom. The summed E-state index contributed by atoms with van der Waals surface area (Å²) in [6.45, 7) is 5.02.